The molecule has 25 heavy (non-hydrogen) atoms. The molecule has 3 rings (SSSR count). The molecule has 1 saturated heterocycles. The summed E-state index contributed by atoms with van der Waals surface area (Å²) in [5.41, 5.74) is 3.15. The Morgan fingerprint density at radius 1 is 1.08 bits per heavy atom. The lowest BCUT2D eigenvalue weighted by Gasteiger charge is -2.29. The first-order valence-corrected chi connectivity index (χ1v) is 8.84. The number of carbonyl (C=O) groups excluding carboxylic acids is 1. The van der Waals surface area contributed by atoms with E-state index in [1.165, 1.54) is 30.5 Å². The Morgan fingerprint density at radius 2 is 1.84 bits per heavy atom. The molecule has 0 aliphatic carbocycles. The van der Waals surface area contributed by atoms with Gasteiger partial charge in [0.05, 0.1) is 6.42 Å². The van der Waals surface area contributed by atoms with Crippen molar-refractivity contribution in [3.63, 3.8) is 0 Å². The molecule has 0 atom stereocenters. The van der Waals surface area contributed by atoms with Crippen LogP contribution in [-0.4, -0.2) is 30.1 Å². The lowest BCUT2D eigenvalue weighted by atomic mass is 10.0. The van der Waals surface area contributed by atoms with Gasteiger partial charge in [0.1, 0.15) is 0 Å². The summed E-state index contributed by atoms with van der Waals surface area (Å²) in [5, 5.41) is 13.7. The molecule has 2 N–H and O–H groups in total. The number of hydrogen-bond acceptors (Lipinski definition) is 3. The standard InChI is InChI=1S/C20H24N2O3/c1-14-11-17(22-9-3-2-4-10-22)12-15-5-6-16(13-18(14)15)21-19(23)7-8-20(24)25/h5-6,11-13H,2-4,7-10H2,1H3,(H,21,23)(H,24,25). The Bertz CT molecular complexity index is 795. The molecule has 0 saturated carbocycles. The van der Waals surface area contributed by atoms with Crippen LogP contribution >= 0.6 is 0 Å². The maximum absolute atomic E-state index is 11.8. The predicted molar refractivity (Wildman–Crippen MR) is 100 cm³/mol. The van der Waals surface area contributed by atoms with Gasteiger partial charge in [0.15, 0.2) is 0 Å². The van der Waals surface area contributed by atoms with E-state index in [9.17, 15) is 9.59 Å². The van der Waals surface area contributed by atoms with Gasteiger partial charge in [-0.25, -0.2) is 0 Å². The zero-order chi connectivity index (χ0) is 17.8. The van der Waals surface area contributed by atoms with E-state index >= 15 is 0 Å². The highest BCUT2D eigenvalue weighted by molar-refractivity contribution is 5.97. The second kappa shape index (κ2) is 7.55. The van der Waals surface area contributed by atoms with E-state index in [1.54, 1.807) is 0 Å². The highest BCUT2D eigenvalue weighted by atomic mass is 16.4. The van der Waals surface area contributed by atoms with Crippen molar-refractivity contribution in [3.8, 4) is 0 Å². The molecule has 1 aliphatic rings. The number of nitrogens with zero attached hydrogens (tertiary/aromatic N) is 1. The minimum atomic E-state index is -0.963. The molecule has 0 bridgehead atoms. The van der Waals surface area contributed by atoms with Crippen LogP contribution in [0.3, 0.4) is 0 Å². The van der Waals surface area contributed by atoms with E-state index in [0.29, 0.717) is 5.69 Å². The number of carbonyl (C=O) groups is 2. The van der Waals surface area contributed by atoms with Crippen LogP contribution in [0, 0.1) is 6.92 Å². The zero-order valence-electron chi connectivity index (χ0n) is 14.5. The van der Waals surface area contributed by atoms with E-state index in [0.717, 1.165) is 23.9 Å². The fraction of sp³-hybridized carbons (Fsp3) is 0.400. The number of nitrogens with one attached hydrogen (secondary N) is 1. The van der Waals surface area contributed by atoms with Gasteiger partial charge in [0, 0.05) is 30.9 Å². The van der Waals surface area contributed by atoms with Gasteiger partial charge in [-0.15, -0.1) is 0 Å². The summed E-state index contributed by atoms with van der Waals surface area (Å²) in [6.45, 7) is 4.32. The topological polar surface area (TPSA) is 69.6 Å². The van der Waals surface area contributed by atoms with E-state index in [-0.39, 0.29) is 18.7 Å². The number of aryl methyl sites for hydroxylation is 1. The average molecular weight is 340 g/mol. The number of aliphatic carboxylic acids is 1. The van der Waals surface area contributed by atoms with Crippen LogP contribution in [0.25, 0.3) is 10.8 Å². The molecule has 1 heterocycles. The second-order valence-electron chi connectivity index (χ2n) is 6.69. The van der Waals surface area contributed by atoms with Crippen molar-refractivity contribution < 1.29 is 14.7 Å². The van der Waals surface area contributed by atoms with Crippen molar-refractivity contribution in [1.29, 1.82) is 0 Å². The summed E-state index contributed by atoms with van der Waals surface area (Å²) >= 11 is 0. The Balaban J connectivity index is 1.79. The lowest BCUT2D eigenvalue weighted by molar-refractivity contribution is -0.138. The van der Waals surface area contributed by atoms with Gasteiger partial charge in [-0.3, -0.25) is 9.59 Å². The molecule has 2 aromatic rings. The molecule has 132 valence electrons. The van der Waals surface area contributed by atoms with Crippen LogP contribution in [0.15, 0.2) is 30.3 Å². The van der Waals surface area contributed by atoms with Gasteiger partial charge in [-0.05, 0) is 66.8 Å². The summed E-state index contributed by atoms with van der Waals surface area (Å²) in [5.74, 6) is -1.24. The van der Waals surface area contributed by atoms with Gasteiger partial charge in [-0.2, -0.15) is 0 Å². The fourth-order valence-electron chi connectivity index (χ4n) is 3.38. The number of rotatable bonds is 5. The smallest absolute Gasteiger partial charge is 0.303 e. The van der Waals surface area contributed by atoms with Crippen molar-refractivity contribution in [2.24, 2.45) is 0 Å². The van der Waals surface area contributed by atoms with Crippen LogP contribution in [0.1, 0.15) is 37.7 Å². The molecule has 1 fully saturated rings. The van der Waals surface area contributed by atoms with Gasteiger partial charge >= 0.3 is 5.97 Å². The molecule has 0 spiro atoms. The van der Waals surface area contributed by atoms with Crippen LogP contribution in [0.5, 0.6) is 0 Å². The van der Waals surface area contributed by atoms with E-state index < -0.39 is 5.97 Å². The van der Waals surface area contributed by atoms with Crippen molar-refractivity contribution in [2.75, 3.05) is 23.3 Å². The Labute approximate surface area is 147 Å². The maximum Gasteiger partial charge on any atom is 0.303 e. The number of carboxylic acid groups (broad SMARTS) is 1. The van der Waals surface area contributed by atoms with Crippen LogP contribution in [-0.2, 0) is 9.59 Å². The second-order valence-corrected chi connectivity index (χ2v) is 6.69. The molecular formula is C20H24N2O3. The number of anilines is 2. The van der Waals surface area contributed by atoms with Crippen LogP contribution in [0.2, 0.25) is 0 Å². The Hall–Kier alpha value is -2.56. The molecule has 5 nitrogen and oxygen atoms in total. The van der Waals surface area contributed by atoms with Crippen molar-refractivity contribution in [1.82, 2.24) is 0 Å². The fourth-order valence-corrected chi connectivity index (χ4v) is 3.38. The number of fused-ring (bicyclic) bond motifs is 1. The van der Waals surface area contributed by atoms with Crippen molar-refractivity contribution >= 4 is 34.0 Å². The third-order valence-corrected chi connectivity index (χ3v) is 4.72. The molecular weight excluding hydrogens is 316 g/mol. The molecule has 2 aromatic carbocycles. The number of hydrogen-bond donors (Lipinski definition) is 2. The molecule has 0 radical (unpaired) electrons. The molecule has 0 aromatic heterocycles. The monoisotopic (exact) mass is 340 g/mol. The van der Waals surface area contributed by atoms with Gasteiger partial charge in [0.2, 0.25) is 5.91 Å². The maximum atomic E-state index is 11.8. The largest absolute Gasteiger partial charge is 0.481 e. The highest BCUT2D eigenvalue weighted by Gasteiger charge is 2.13. The van der Waals surface area contributed by atoms with Gasteiger partial charge < -0.3 is 15.3 Å². The first-order chi connectivity index (χ1) is 12.0. The normalized spacial score (nSPS) is 14.5. The average Bonchev–Trinajstić information content (AvgIpc) is 2.61. The van der Waals surface area contributed by atoms with Crippen molar-refractivity contribution in [2.45, 2.75) is 39.0 Å². The number of carboxylic acids is 1. The number of piperidine rings is 1. The first kappa shape index (κ1) is 17.3. The summed E-state index contributed by atoms with van der Waals surface area (Å²) < 4.78 is 0. The van der Waals surface area contributed by atoms with E-state index in [2.05, 4.69) is 29.3 Å². The lowest BCUT2D eigenvalue weighted by Crippen LogP contribution is -2.29. The molecule has 1 aliphatic heterocycles. The van der Waals surface area contributed by atoms with E-state index in [4.69, 9.17) is 5.11 Å². The van der Waals surface area contributed by atoms with Crippen molar-refractivity contribution in [3.05, 3.63) is 35.9 Å². The first-order valence-electron chi connectivity index (χ1n) is 8.84. The minimum absolute atomic E-state index is 0.0136. The van der Waals surface area contributed by atoms with E-state index in [1.807, 2.05) is 18.2 Å². The van der Waals surface area contributed by atoms with Crippen LogP contribution < -0.4 is 10.2 Å². The number of amides is 1. The summed E-state index contributed by atoms with van der Waals surface area (Å²) in [7, 11) is 0. The summed E-state index contributed by atoms with van der Waals surface area (Å²) in [6, 6.07) is 10.3. The SMILES string of the molecule is Cc1cc(N2CCCCC2)cc2ccc(NC(=O)CCC(=O)O)cc12. The Morgan fingerprint density at radius 3 is 2.56 bits per heavy atom. The zero-order valence-corrected chi connectivity index (χ0v) is 14.5. The highest BCUT2D eigenvalue weighted by Crippen LogP contribution is 2.29. The minimum Gasteiger partial charge on any atom is -0.481 e. The quantitative estimate of drug-likeness (QED) is 0.865. The van der Waals surface area contributed by atoms with Crippen LogP contribution in [0.4, 0.5) is 11.4 Å². The Kier molecular flexibility index (Phi) is 5.22. The summed E-state index contributed by atoms with van der Waals surface area (Å²) in [4.78, 5) is 24.8. The number of benzene rings is 2. The molecule has 5 heteroatoms. The molecule has 1 amide bonds. The molecule has 0 unspecified atom stereocenters. The third-order valence-electron chi connectivity index (χ3n) is 4.72. The third kappa shape index (κ3) is 4.29. The predicted octanol–water partition coefficient (Wildman–Crippen LogP) is 3.94. The summed E-state index contributed by atoms with van der Waals surface area (Å²) in [6.07, 6.45) is 3.64. The van der Waals surface area contributed by atoms with Gasteiger partial charge in [-0.1, -0.05) is 6.07 Å². The van der Waals surface area contributed by atoms with Gasteiger partial charge in [0.25, 0.3) is 0 Å².